The SMILES string of the molecule is CN(C)c1ccc(NC(=O)C(=O)NC2CC2)cc1. The van der Waals surface area contributed by atoms with Gasteiger partial charge in [-0.05, 0) is 37.1 Å². The molecule has 1 saturated carbocycles. The van der Waals surface area contributed by atoms with E-state index < -0.39 is 11.8 Å². The molecule has 0 aliphatic heterocycles. The topological polar surface area (TPSA) is 61.4 Å². The zero-order valence-corrected chi connectivity index (χ0v) is 10.6. The molecule has 0 aromatic heterocycles. The van der Waals surface area contributed by atoms with Crippen LogP contribution >= 0.6 is 0 Å². The molecule has 0 spiro atoms. The molecule has 0 atom stereocenters. The second-order valence-electron chi connectivity index (χ2n) is 4.64. The lowest BCUT2D eigenvalue weighted by atomic mass is 10.2. The minimum absolute atomic E-state index is 0.194. The fourth-order valence-corrected chi connectivity index (χ4v) is 1.51. The summed E-state index contributed by atoms with van der Waals surface area (Å²) in [6, 6.07) is 7.51. The van der Waals surface area contributed by atoms with E-state index in [1.165, 1.54) is 0 Å². The molecule has 0 bridgehead atoms. The number of carbonyl (C=O) groups is 2. The van der Waals surface area contributed by atoms with E-state index in [9.17, 15) is 9.59 Å². The van der Waals surface area contributed by atoms with Gasteiger partial charge in [-0.1, -0.05) is 0 Å². The zero-order chi connectivity index (χ0) is 13.1. The Morgan fingerprint density at radius 3 is 2.22 bits per heavy atom. The van der Waals surface area contributed by atoms with Gasteiger partial charge in [0.25, 0.3) is 0 Å². The molecule has 1 aromatic rings. The predicted octanol–water partition coefficient (Wildman–Crippen LogP) is 0.970. The standard InChI is InChI=1S/C13H17N3O2/c1-16(2)11-7-5-10(6-8-11)15-13(18)12(17)14-9-3-4-9/h5-9H,3-4H2,1-2H3,(H,14,17)(H,15,18). The van der Waals surface area contributed by atoms with Gasteiger partial charge in [0.1, 0.15) is 0 Å². The average Bonchev–Trinajstić information content (AvgIpc) is 3.13. The normalized spacial score (nSPS) is 13.9. The van der Waals surface area contributed by atoms with Gasteiger partial charge in [-0.2, -0.15) is 0 Å². The van der Waals surface area contributed by atoms with Gasteiger partial charge in [0, 0.05) is 31.5 Å². The molecule has 5 nitrogen and oxygen atoms in total. The van der Waals surface area contributed by atoms with E-state index in [4.69, 9.17) is 0 Å². The van der Waals surface area contributed by atoms with E-state index >= 15 is 0 Å². The van der Waals surface area contributed by atoms with E-state index in [0.717, 1.165) is 18.5 Å². The van der Waals surface area contributed by atoms with Crippen LogP contribution in [0.3, 0.4) is 0 Å². The molecule has 0 radical (unpaired) electrons. The largest absolute Gasteiger partial charge is 0.378 e. The van der Waals surface area contributed by atoms with Crippen LogP contribution in [0.25, 0.3) is 0 Å². The molecule has 0 unspecified atom stereocenters. The van der Waals surface area contributed by atoms with Gasteiger partial charge < -0.3 is 15.5 Å². The smallest absolute Gasteiger partial charge is 0.313 e. The van der Waals surface area contributed by atoms with Gasteiger partial charge in [0.15, 0.2) is 0 Å². The molecule has 18 heavy (non-hydrogen) atoms. The Bertz CT molecular complexity index is 450. The van der Waals surface area contributed by atoms with Crippen LogP contribution < -0.4 is 15.5 Å². The Morgan fingerprint density at radius 2 is 1.72 bits per heavy atom. The van der Waals surface area contributed by atoms with E-state index in [1.807, 2.05) is 31.1 Å². The molecule has 2 amide bonds. The van der Waals surface area contributed by atoms with Gasteiger partial charge in [-0.25, -0.2) is 0 Å². The zero-order valence-electron chi connectivity index (χ0n) is 10.6. The van der Waals surface area contributed by atoms with Crippen molar-refractivity contribution < 1.29 is 9.59 Å². The molecular weight excluding hydrogens is 230 g/mol. The van der Waals surface area contributed by atoms with Gasteiger partial charge >= 0.3 is 11.8 Å². The van der Waals surface area contributed by atoms with Crippen molar-refractivity contribution >= 4 is 23.2 Å². The molecule has 1 aromatic carbocycles. The van der Waals surface area contributed by atoms with Crippen LogP contribution in [0.15, 0.2) is 24.3 Å². The third kappa shape index (κ3) is 3.23. The minimum atomic E-state index is -0.612. The number of anilines is 2. The fourth-order valence-electron chi connectivity index (χ4n) is 1.51. The van der Waals surface area contributed by atoms with Gasteiger partial charge in [0.05, 0.1) is 0 Å². The van der Waals surface area contributed by atoms with Crippen LogP contribution in [-0.2, 0) is 9.59 Å². The number of hydrogen-bond donors (Lipinski definition) is 2. The molecule has 2 N–H and O–H groups in total. The third-order valence-corrected chi connectivity index (χ3v) is 2.76. The summed E-state index contributed by atoms with van der Waals surface area (Å²) in [4.78, 5) is 25.0. The minimum Gasteiger partial charge on any atom is -0.378 e. The fraction of sp³-hybridized carbons (Fsp3) is 0.385. The summed E-state index contributed by atoms with van der Waals surface area (Å²) in [6.07, 6.45) is 1.94. The second-order valence-corrected chi connectivity index (χ2v) is 4.64. The Hall–Kier alpha value is -2.04. The number of carbonyl (C=O) groups excluding carboxylic acids is 2. The van der Waals surface area contributed by atoms with Crippen LogP contribution in [0.1, 0.15) is 12.8 Å². The first-order valence-electron chi connectivity index (χ1n) is 5.95. The summed E-state index contributed by atoms with van der Waals surface area (Å²) >= 11 is 0. The molecule has 1 aliphatic carbocycles. The molecule has 1 fully saturated rings. The van der Waals surface area contributed by atoms with Crippen molar-refractivity contribution in [2.24, 2.45) is 0 Å². The first-order valence-corrected chi connectivity index (χ1v) is 5.95. The molecule has 96 valence electrons. The second kappa shape index (κ2) is 5.08. The van der Waals surface area contributed by atoms with Crippen molar-refractivity contribution in [2.45, 2.75) is 18.9 Å². The number of nitrogens with one attached hydrogen (secondary N) is 2. The number of rotatable bonds is 3. The molecule has 5 heteroatoms. The van der Waals surface area contributed by atoms with Gasteiger partial charge in [-0.3, -0.25) is 9.59 Å². The predicted molar refractivity (Wildman–Crippen MR) is 70.6 cm³/mol. The molecule has 0 saturated heterocycles. The summed E-state index contributed by atoms with van der Waals surface area (Å²) in [5.74, 6) is -1.17. The Balaban J connectivity index is 1.91. The summed E-state index contributed by atoms with van der Waals surface area (Å²) in [7, 11) is 3.88. The van der Waals surface area contributed by atoms with Crippen molar-refractivity contribution in [3.05, 3.63) is 24.3 Å². The maximum absolute atomic E-state index is 11.6. The highest BCUT2D eigenvalue weighted by Crippen LogP contribution is 2.19. The molecule has 1 aliphatic rings. The number of hydrogen-bond acceptors (Lipinski definition) is 3. The highest BCUT2D eigenvalue weighted by atomic mass is 16.2. The monoisotopic (exact) mass is 247 g/mol. The molecule has 2 rings (SSSR count). The summed E-state index contributed by atoms with van der Waals surface area (Å²) in [6.45, 7) is 0. The van der Waals surface area contributed by atoms with Crippen molar-refractivity contribution in [1.29, 1.82) is 0 Å². The number of nitrogens with zero attached hydrogens (tertiary/aromatic N) is 1. The number of amides is 2. The van der Waals surface area contributed by atoms with Crippen LogP contribution in [0.2, 0.25) is 0 Å². The summed E-state index contributed by atoms with van der Waals surface area (Å²) < 4.78 is 0. The maximum atomic E-state index is 11.6. The van der Waals surface area contributed by atoms with E-state index in [1.54, 1.807) is 12.1 Å². The lowest BCUT2D eigenvalue weighted by Gasteiger charge is -2.12. The first kappa shape index (κ1) is 12.4. The summed E-state index contributed by atoms with van der Waals surface area (Å²) in [5, 5.41) is 5.22. The lowest BCUT2D eigenvalue weighted by Crippen LogP contribution is -2.36. The van der Waals surface area contributed by atoms with Crippen LogP contribution in [0, 0.1) is 0 Å². The van der Waals surface area contributed by atoms with Gasteiger partial charge in [-0.15, -0.1) is 0 Å². The van der Waals surface area contributed by atoms with Crippen LogP contribution in [0.5, 0.6) is 0 Å². The third-order valence-electron chi connectivity index (χ3n) is 2.76. The van der Waals surface area contributed by atoms with Crippen molar-refractivity contribution in [1.82, 2.24) is 5.32 Å². The van der Waals surface area contributed by atoms with Crippen LogP contribution in [-0.4, -0.2) is 32.0 Å². The molecule has 0 heterocycles. The first-order chi connectivity index (χ1) is 8.56. The maximum Gasteiger partial charge on any atom is 0.313 e. The molecular formula is C13H17N3O2. The highest BCUT2D eigenvalue weighted by molar-refractivity contribution is 6.39. The number of benzene rings is 1. The van der Waals surface area contributed by atoms with E-state index in [-0.39, 0.29) is 6.04 Å². The Kier molecular flexibility index (Phi) is 3.50. The Morgan fingerprint density at radius 1 is 1.11 bits per heavy atom. The lowest BCUT2D eigenvalue weighted by molar-refractivity contribution is -0.136. The van der Waals surface area contributed by atoms with Crippen molar-refractivity contribution in [2.75, 3.05) is 24.3 Å². The van der Waals surface area contributed by atoms with E-state index in [2.05, 4.69) is 10.6 Å². The van der Waals surface area contributed by atoms with Crippen molar-refractivity contribution in [3.8, 4) is 0 Å². The highest BCUT2D eigenvalue weighted by Gasteiger charge is 2.26. The average molecular weight is 247 g/mol. The van der Waals surface area contributed by atoms with Crippen molar-refractivity contribution in [3.63, 3.8) is 0 Å². The Labute approximate surface area is 106 Å². The summed E-state index contributed by atoms with van der Waals surface area (Å²) in [5.41, 5.74) is 1.66. The van der Waals surface area contributed by atoms with Gasteiger partial charge in [0.2, 0.25) is 0 Å². The van der Waals surface area contributed by atoms with Crippen LogP contribution in [0.4, 0.5) is 11.4 Å². The van der Waals surface area contributed by atoms with E-state index in [0.29, 0.717) is 5.69 Å². The quantitative estimate of drug-likeness (QED) is 0.782.